The van der Waals surface area contributed by atoms with E-state index in [2.05, 4.69) is 6.92 Å². The number of unbranched alkanes of at least 4 members (excludes halogenated alkanes) is 5. The molecule has 0 unspecified atom stereocenters. The van der Waals surface area contributed by atoms with E-state index < -0.39 is 40.5 Å². The van der Waals surface area contributed by atoms with E-state index >= 15 is 0 Å². The van der Waals surface area contributed by atoms with Gasteiger partial charge in [0.15, 0.2) is 0 Å². The molecule has 0 rings (SSSR count). The number of hydrogen-bond donors (Lipinski definition) is 0. The average Bonchev–Trinajstić information content (AvgIpc) is 2.31. The molecule has 0 bridgehead atoms. The van der Waals surface area contributed by atoms with Crippen LogP contribution >= 0.6 is 0 Å². The van der Waals surface area contributed by atoms with Gasteiger partial charge in [0.25, 0.3) is 0 Å². The fourth-order valence-corrected chi connectivity index (χ4v) is 3.29. The van der Waals surface area contributed by atoms with Gasteiger partial charge in [0.2, 0.25) is 0 Å². The molecule has 0 atom stereocenters. The Bertz CT molecular complexity index is 377. The van der Waals surface area contributed by atoms with Crippen LogP contribution in [-0.4, -0.2) is 32.0 Å². The van der Waals surface area contributed by atoms with Crippen molar-refractivity contribution in [3.05, 3.63) is 0 Å². The maximum absolute atomic E-state index is 12.6. The van der Waals surface area contributed by atoms with Gasteiger partial charge < -0.3 is 0 Å². The van der Waals surface area contributed by atoms with Crippen LogP contribution in [0.4, 0.5) is 22.0 Å². The zero-order valence-electron chi connectivity index (χ0n) is 12.2. The molecule has 0 aromatic rings. The quantitative estimate of drug-likeness (QED) is 0.403. The number of sulfone groups is 1. The van der Waals surface area contributed by atoms with Crippen molar-refractivity contribution in [2.45, 2.75) is 70.4 Å². The monoisotopic (exact) mass is 338 g/mol. The smallest absolute Gasteiger partial charge is 0.229 e. The van der Waals surface area contributed by atoms with Crippen molar-refractivity contribution in [2.75, 3.05) is 11.5 Å². The van der Waals surface area contributed by atoms with Crippen LogP contribution in [-0.2, 0) is 9.84 Å². The highest BCUT2D eigenvalue weighted by molar-refractivity contribution is 7.91. The fourth-order valence-electron chi connectivity index (χ4n) is 1.86. The Hall–Kier alpha value is -0.400. The summed E-state index contributed by atoms with van der Waals surface area (Å²) in [6.07, 6.45) is -2.51. The molecule has 0 spiro atoms. The molecule has 21 heavy (non-hydrogen) atoms. The van der Waals surface area contributed by atoms with Crippen molar-refractivity contribution in [2.24, 2.45) is 0 Å². The highest BCUT2D eigenvalue weighted by Gasteiger charge is 2.56. The third-order valence-electron chi connectivity index (χ3n) is 3.17. The van der Waals surface area contributed by atoms with Gasteiger partial charge >= 0.3 is 12.1 Å². The molecule has 0 heterocycles. The van der Waals surface area contributed by atoms with Gasteiger partial charge in [-0.25, -0.2) is 8.42 Å². The van der Waals surface area contributed by atoms with Crippen molar-refractivity contribution in [1.82, 2.24) is 0 Å². The Morgan fingerprint density at radius 2 is 1.24 bits per heavy atom. The van der Waals surface area contributed by atoms with Gasteiger partial charge in [-0.3, -0.25) is 0 Å². The van der Waals surface area contributed by atoms with Gasteiger partial charge in [-0.2, -0.15) is 22.0 Å². The fraction of sp³-hybridized carbons (Fsp3) is 1.00. The van der Waals surface area contributed by atoms with E-state index in [1.54, 1.807) is 0 Å². The van der Waals surface area contributed by atoms with Crippen molar-refractivity contribution in [3.63, 3.8) is 0 Å². The summed E-state index contributed by atoms with van der Waals surface area (Å²) < 4.78 is 84.0. The molecule has 0 aromatic heterocycles. The van der Waals surface area contributed by atoms with Crippen LogP contribution in [0.5, 0.6) is 0 Å². The minimum absolute atomic E-state index is 0.142. The van der Waals surface area contributed by atoms with E-state index in [1.165, 1.54) is 0 Å². The van der Waals surface area contributed by atoms with Crippen molar-refractivity contribution in [1.29, 1.82) is 0 Å². The molecule has 8 heteroatoms. The molecule has 0 amide bonds. The first-order valence-electron chi connectivity index (χ1n) is 7.17. The van der Waals surface area contributed by atoms with E-state index in [0.29, 0.717) is 6.42 Å². The first-order valence-corrected chi connectivity index (χ1v) is 8.99. The maximum Gasteiger partial charge on any atom is 0.453 e. The summed E-state index contributed by atoms with van der Waals surface area (Å²) in [5, 5.41) is 0. The summed E-state index contributed by atoms with van der Waals surface area (Å²) in [4.78, 5) is 0. The van der Waals surface area contributed by atoms with Crippen LogP contribution < -0.4 is 0 Å². The number of halogens is 5. The van der Waals surface area contributed by atoms with Crippen LogP contribution in [0.3, 0.4) is 0 Å². The lowest BCUT2D eigenvalue weighted by Gasteiger charge is -2.19. The lowest BCUT2D eigenvalue weighted by atomic mass is 10.1. The van der Waals surface area contributed by atoms with Gasteiger partial charge in [0, 0.05) is 6.42 Å². The van der Waals surface area contributed by atoms with Crippen LogP contribution in [0.2, 0.25) is 0 Å². The van der Waals surface area contributed by atoms with Gasteiger partial charge in [0.05, 0.1) is 11.5 Å². The van der Waals surface area contributed by atoms with Gasteiger partial charge in [-0.05, 0) is 12.8 Å². The molecule has 128 valence electrons. The number of hydrogen-bond acceptors (Lipinski definition) is 2. The number of rotatable bonds is 11. The summed E-state index contributed by atoms with van der Waals surface area (Å²) in [5.74, 6) is -5.58. The predicted octanol–water partition coefficient (Wildman–Crippen LogP) is 4.74. The first-order chi connectivity index (χ1) is 9.52. The van der Waals surface area contributed by atoms with Crippen molar-refractivity contribution >= 4 is 9.84 Å². The second-order valence-electron chi connectivity index (χ2n) is 5.23. The van der Waals surface area contributed by atoms with E-state index in [0.717, 1.165) is 32.1 Å². The summed E-state index contributed by atoms with van der Waals surface area (Å²) in [7, 11) is -3.54. The molecular weight excluding hydrogens is 315 g/mol. The van der Waals surface area contributed by atoms with Crippen molar-refractivity contribution in [3.8, 4) is 0 Å². The average molecular weight is 338 g/mol. The van der Waals surface area contributed by atoms with Gasteiger partial charge in [-0.15, -0.1) is 0 Å². The molecule has 0 aliphatic carbocycles. The first kappa shape index (κ1) is 20.6. The highest BCUT2D eigenvalue weighted by Crippen LogP contribution is 2.38. The second kappa shape index (κ2) is 8.90. The minimum Gasteiger partial charge on any atom is -0.229 e. The standard InChI is InChI=1S/C13H23F5O2S/c1-2-3-4-5-6-7-10-21(19,20)11-8-9-12(14,15)13(16,17)18/h2-11H2,1H3. The van der Waals surface area contributed by atoms with E-state index in [9.17, 15) is 30.4 Å². The lowest BCUT2D eigenvalue weighted by Crippen LogP contribution is -2.36. The predicted molar refractivity (Wildman–Crippen MR) is 72.3 cm³/mol. The van der Waals surface area contributed by atoms with Crippen LogP contribution in [0.25, 0.3) is 0 Å². The molecule has 0 N–H and O–H groups in total. The van der Waals surface area contributed by atoms with Crippen LogP contribution in [0.15, 0.2) is 0 Å². The SMILES string of the molecule is CCCCCCCCS(=O)(=O)CCCC(F)(F)C(F)(F)F. The van der Waals surface area contributed by atoms with E-state index in [1.807, 2.05) is 0 Å². The van der Waals surface area contributed by atoms with Crippen molar-refractivity contribution < 1.29 is 30.4 Å². The Kier molecular flexibility index (Phi) is 8.73. The molecule has 0 saturated heterocycles. The Morgan fingerprint density at radius 1 is 0.762 bits per heavy atom. The second-order valence-corrected chi connectivity index (χ2v) is 7.53. The Morgan fingerprint density at radius 3 is 1.76 bits per heavy atom. The van der Waals surface area contributed by atoms with Gasteiger partial charge in [-0.1, -0.05) is 39.0 Å². The summed E-state index contributed by atoms with van der Waals surface area (Å²) in [6.45, 7) is 2.06. The third-order valence-corrected chi connectivity index (χ3v) is 4.99. The van der Waals surface area contributed by atoms with E-state index in [4.69, 9.17) is 0 Å². The summed E-state index contributed by atoms with van der Waals surface area (Å²) in [5.41, 5.74) is 0. The Balaban J connectivity index is 3.94. The van der Waals surface area contributed by atoms with E-state index in [-0.39, 0.29) is 5.75 Å². The molecule has 0 aliphatic heterocycles. The largest absolute Gasteiger partial charge is 0.453 e. The highest BCUT2D eigenvalue weighted by atomic mass is 32.2. The maximum atomic E-state index is 12.6. The minimum atomic E-state index is -5.62. The van der Waals surface area contributed by atoms with Crippen LogP contribution in [0, 0.1) is 0 Å². The molecule has 0 aromatic carbocycles. The Labute approximate surface area is 123 Å². The topological polar surface area (TPSA) is 34.1 Å². The molecule has 0 aliphatic rings. The van der Waals surface area contributed by atoms with Gasteiger partial charge in [0.1, 0.15) is 9.84 Å². The zero-order valence-corrected chi connectivity index (χ0v) is 13.0. The summed E-state index contributed by atoms with van der Waals surface area (Å²) in [6, 6.07) is 0. The lowest BCUT2D eigenvalue weighted by molar-refractivity contribution is -0.284. The molecule has 0 fully saturated rings. The van der Waals surface area contributed by atoms with Crippen LogP contribution in [0.1, 0.15) is 58.3 Å². The molecule has 0 saturated carbocycles. The third kappa shape index (κ3) is 9.26. The zero-order chi connectivity index (χ0) is 16.6. The molecule has 2 nitrogen and oxygen atoms in total. The normalized spacial score (nSPS) is 13.6. The molecular formula is C13H23F5O2S. The number of alkyl halides is 5. The summed E-state index contributed by atoms with van der Waals surface area (Å²) >= 11 is 0. The molecule has 0 radical (unpaired) electrons.